The van der Waals surface area contributed by atoms with Gasteiger partial charge >= 0.3 is 6.18 Å². The van der Waals surface area contributed by atoms with Crippen molar-refractivity contribution in [3.8, 4) is 0 Å². The van der Waals surface area contributed by atoms with Crippen LogP contribution in [0.1, 0.15) is 49.0 Å². The van der Waals surface area contributed by atoms with Gasteiger partial charge in [0.2, 0.25) is 11.9 Å². The zero-order valence-corrected chi connectivity index (χ0v) is 21.8. The van der Waals surface area contributed by atoms with Crippen LogP contribution in [0, 0.1) is 5.92 Å². The fourth-order valence-electron chi connectivity index (χ4n) is 4.79. The Balaban J connectivity index is 1.49. The number of aromatic nitrogens is 2. The molecule has 0 radical (unpaired) electrons. The standard InChI is InChI=1S/C26H34F3N7O2/c1-16(2)31-23(37)19-5-4-6-21(19)33-22-20(26(27,28)29)15-30-25(34-22)32-18-9-7-17(8-10-18)24(38)36-13-11-35(3)12-14-36/h7-10,15-16,19,21H,4-6,11-14H2,1-3H3,(H,31,37)(H2,30,32,33,34)/t19-,21?/m0/s1. The summed E-state index contributed by atoms with van der Waals surface area (Å²) in [5.74, 6) is -1.09. The predicted molar refractivity (Wildman–Crippen MR) is 138 cm³/mol. The quantitative estimate of drug-likeness (QED) is 0.499. The maximum atomic E-state index is 13.7. The average Bonchev–Trinajstić information content (AvgIpc) is 3.32. The van der Waals surface area contributed by atoms with E-state index in [1.54, 1.807) is 29.2 Å². The number of hydrogen-bond acceptors (Lipinski definition) is 7. The Hall–Kier alpha value is -3.41. The van der Waals surface area contributed by atoms with E-state index in [1.165, 1.54) is 0 Å². The lowest BCUT2D eigenvalue weighted by atomic mass is 10.0. The van der Waals surface area contributed by atoms with Gasteiger partial charge in [-0.05, 0) is 58.0 Å². The lowest BCUT2D eigenvalue weighted by Crippen LogP contribution is -2.47. The van der Waals surface area contributed by atoms with Gasteiger partial charge in [-0.2, -0.15) is 18.2 Å². The number of carbonyl (C=O) groups is 2. The summed E-state index contributed by atoms with van der Waals surface area (Å²) in [7, 11) is 2.02. The summed E-state index contributed by atoms with van der Waals surface area (Å²) in [5, 5.41) is 8.65. The lowest BCUT2D eigenvalue weighted by Gasteiger charge is -2.32. The van der Waals surface area contributed by atoms with Crippen molar-refractivity contribution in [1.82, 2.24) is 25.1 Å². The van der Waals surface area contributed by atoms with Gasteiger partial charge in [-0.1, -0.05) is 6.42 Å². The Kier molecular flexibility index (Phi) is 8.39. The predicted octanol–water partition coefficient (Wildman–Crippen LogP) is 3.73. The summed E-state index contributed by atoms with van der Waals surface area (Å²) >= 11 is 0. The van der Waals surface area contributed by atoms with Gasteiger partial charge in [-0.25, -0.2) is 4.98 Å². The van der Waals surface area contributed by atoms with Crippen LogP contribution in [-0.2, 0) is 11.0 Å². The Morgan fingerprint density at radius 2 is 1.74 bits per heavy atom. The first kappa shape index (κ1) is 27.6. The van der Waals surface area contributed by atoms with E-state index in [4.69, 9.17) is 0 Å². The van der Waals surface area contributed by atoms with E-state index in [1.807, 2.05) is 20.9 Å². The minimum Gasteiger partial charge on any atom is -0.366 e. The summed E-state index contributed by atoms with van der Waals surface area (Å²) in [6, 6.07) is 6.14. The molecule has 9 nitrogen and oxygen atoms in total. The molecule has 0 bridgehead atoms. The molecule has 2 atom stereocenters. The number of likely N-dealkylation sites (N-methyl/N-ethyl adjacent to an activating group) is 1. The Morgan fingerprint density at radius 1 is 1.05 bits per heavy atom. The Bertz CT molecular complexity index is 1130. The number of nitrogens with one attached hydrogen (secondary N) is 3. The minimum atomic E-state index is -4.67. The number of piperazine rings is 1. The highest BCUT2D eigenvalue weighted by atomic mass is 19.4. The molecule has 1 saturated heterocycles. The molecule has 2 amide bonds. The van der Waals surface area contributed by atoms with Gasteiger partial charge in [-0.15, -0.1) is 0 Å². The Labute approximate surface area is 220 Å². The van der Waals surface area contributed by atoms with Gasteiger partial charge in [-0.3, -0.25) is 9.59 Å². The van der Waals surface area contributed by atoms with Crippen molar-refractivity contribution >= 4 is 29.3 Å². The molecule has 2 fully saturated rings. The molecule has 1 unspecified atom stereocenters. The molecule has 2 aliphatic rings. The van der Waals surface area contributed by atoms with Crippen LogP contribution in [0.2, 0.25) is 0 Å². The molecule has 0 spiro atoms. The van der Waals surface area contributed by atoms with Crippen molar-refractivity contribution in [2.24, 2.45) is 5.92 Å². The average molecular weight is 534 g/mol. The molecular formula is C26H34F3N7O2. The molecule has 3 N–H and O–H groups in total. The third-order valence-electron chi connectivity index (χ3n) is 6.88. The number of hydrogen-bond donors (Lipinski definition) is 3. The van der Waals surface area contributed by atoms with Gasteiger partial charge in [0, 0.05) is 55.7 Å². The summed E-state index contributed by atoms with van der Waals surface area (Å²) in [4.78, 5) is 37.3. The van der Waals surface area contributed by atoms with E-state index in [2.05, 4.69) is 30.8 Å². The van der Waals surface area contributed by atoms with Crippen molar-refractivity contribution < 1.29 is 22.8 Å². The molecule has 2 heterocycles. The van der Waals surface area contributed by atoms with Crippen LogP contribution >= 0.6 is 0 Å². The highest BCUT2D eigenvalue weighted by molar-refractivity contribution is 5.94. The summed E-state index contributed by atoms with van der Waals surface area (Å²) in [6.07, 6.45) is -2.05. The molecule has 4 rings (SSSR count). The van der Waals surface area contributed by atoms with Crippen LogP contribution < -0.4 is 16.0 Å². The highest BCUT2D eigenvalue weighted by Gasteiger charge is 2.39. The molecule has 1 aromatic carbocycles. The third kappa shape index (κ3) is 6.72. The van der Waals surface area contributed by atoms with Crippen LogP contribution in [0.25, 0.3) is 0 Å². The minimum absolute atomic E-state index is 0.0279. The maximum Gasteiger partial charge on any atom is 0.421 e. The van der Waals surface area contributed by atoms with E-state index >= 15 is 0 Å². The summed E-state index contributed by atoms with van der Waals surface area (Å²) < 4.78 is 41.2. The van der Waals surface area contributed by atoms with E-state index in [0.29, 0.717) is 37.2 Å². The fraction of sp³-hybridized carbons (Fsp3) is 0.538. The van der Waals surface area contributed by atoms with Crippen molar-refractivity contribution in [3.63, 3.8) is 0 Å². The number of carbonyl (C=O) groups excluding carboxylic acids is 2. The lowest BCUT2D eigenvalue weighted by molar-refractivity contribution is -0.137. The topological polar surface area (TPSA) is 102 Å². The molecule has 2 aromatic rings. The number of alkyl halides is 3. The number of halogens is 3. The van der Waals surface area contributed by atoms with Gasteiger partial charge in [0.15, 0.2) is 0 Å². The first-order chi connectivity index (χ1) is 18.0. The molecule has 1 aliphatic heterocycles. The second-order valence-electron chi connectivity index (χ2n) is 10.2. The second-order valence-corrected chi connectivity index (χ2v) is 10.2. The molecule has 1 aliphatic carbocycles. The maximum absolute atomic E-state index is 13.7. The Morgan fingerprint density at radius 3 is 2.37 bits per heavy atom. The molecule has 1 saturated carbocycles. The van der Waals surface area contributed by atoms with Crippen LogP contribution in [0.4, 0.5) is 30.6 Å². The van der Waals surface area contributed by atoms with Crippen molar-refractivity contribution in [2.75, 3.05) is 43.9 Å². The van der Waals surface area contributed by atoms with Gasteiger partial charge in [0.25, 0.3) is 5.91 Å². The zero-order valence-electron chi connectivity index (χ0n) is 21.8. The van der Waals surface area contributed by atoms with Crippen LogP contribution in [0.5, 0.6) is 0 Å². The molecule has 206 valence electrons. The third-order valence-corrected chi connectivity index (χ3v) is 6.88. The molecule has 1 aromatic heterocycles. The monoisotopic (exact) mass is 533 g/mol. The summed E-state index contributed by atoms with van der Waals surface area (Å²) in [5.41, 5.74) is 0.0644. The van der Waals surface area contributed by atoms with E-state index < -0.39 is 23.7 Å². The number of rotatable bonds is 7. The van der Waals surface area contributed by atoms with Crippen molar-refractivity contribution in [1.29, 1.82) is 0 Å². The van der Waals surface area contributed by atoms with Crippen LogP contribution in [0.3, 0.4) is 0 Å². The van der Waals surface area contributed by atoms with Gasteiger partial charge in [0.1, 0.15) is 11.4 Å². The molecule has 38 heavy (non-hydrogen) atoms. The molecule has 12 heteroatoms. The number of amides is 2. The van der Waals surface area contributed by atoms with Crippen molar-refractivity contribution in [3.05, 3.63) is 41.6 Å². The second kappa shape index (κ2) is 11.5. The van der Waals surface area contributed by atoms with Gasteiger partial charge < -0.3 is 25.8 Å². The molecular weight excluding hydrogens is 499 g/mol. The van der Waals surface area contributed by atoms with E-state index in [0.717, 1.165) is 25.7 Å². The van der Waals surface area contributed by atoms with Gasteiger partial charge in [0.05, 0.1) is 5.92 Å². The largest absolute Gasteiger partial charge is 0.421 e. The number of anilines is 3. The highest BCUT2D eigenvalue weighted by Crippen LogP contribution is 2.36. The van der Waals surface area contributed by atoms with E-state index in [-0.39, 0.29) is 29.6 Å². The fourth-order valence-corrected chi connectivity index (χ4v) is 4.79. The first-order valence-corrected chi connectivity index (χ1v) is 12.9. The van der Waals surface area contributed by atoms with Crippen LogP contribution in [-0.4, -0.2) is 76.9 Å². The number of benzene rings is 1. The summed E-state index contributed by atoms with van der Waals surface area (Å²) in [6.45, 7) is 6.63. The smallest absolute Gasteiger partial charge is 0.366 e. The number of nitrogens with zero attached hydrogens (tertiary/aromatic N) is 4. The van der Waals surface area contributed by atoms with Crippen molar-refractivity contribution in [2.45, 2.75) is 51.4 Å². The zero-order chi connectivity index (χ0) is 27.4. The first-order valence-electron chi connectivity index (χ1n) is 12.9. The normalized spacial score (nSPS) is 20.4. The SMILES string of the molecule is CC(C)NC(=O)[C@H]1CCCC1Nc1nc(Nc2ccc(C(=O)N3CCN(C)CC3)cc2)ncc1C(F)(F)F. The van der Waals surface area contributed by atoms with E-state index in [9.17, 15) is 22.8 Å². The van der Waals surface area contributed by atoms with Crippen LogP contribution in [0.15, 0.2) is 30.5 Å².